The summed E-state index contributed by atoms with van der Waals surface area (Å²) in [6.45, 7) is 4.10. The maximum Gasteiger partial charge on any atom is 0.250 e. The zero-order valence-corrected chi connectivity index (χ0v) is 22.9. The fraction of sp³-hybridized carbons (Fsp3) is 0.174. The topological polar surface area (TPSA) is 100 Å². The van der Waals surface area contributed by atoms with Crippen molar-refractivity contribution in [2.75, 3.05) is 5.75 Å². The SMILES string of the molecule is Cc1cc(C)nc(SCC(=O)N/N=C\c2cc(I)c(OCc3ccccc3C#N)c(I)c2)n1. The van der Waals surface area contributed by atoms with Gasteiger partial charge in [0.15, 0.2) is 5.16 Å². The predicted molar refractivity (Wildman–Crippen MR) is 145 cm³/mol. The Kier molecular flexibility index (Phi) is 9.45. The number of hydrogen-bond acceptors (Lipinski definition) is 7. The Hall–Kier alpha value is -2.24. The minimum Gasteiger partial charge on any atom is -0.487 e. The molecule has 0 aliphatic carbocycles. The van der Waals surface area contributed by atoms with Crippen LogP contribution in [0.15, 0.2) is 52.7 Å². The first-order chi connectivity index (χ1) is 15.9. The second kappa shape index (κ2) is 12.3. The van der Waals surface area contributed by atoms with Gasteiger partial charge < -0.3 is 4.74 Å². The van der Waals surface area contributed by atoms with E-state index in [1.54, 1.807) is 12.3 Å². The quantitative estimate of drug-likeness (QED) is 0.118. The first-order valence-corrected chi connectivity index (χ1v) is 12.9. The number of nitrogens with zero attached hydrogens (tertiary/aromatic N) is 4. The van der Waals surface area contributed by atoms with E-state index in [2.05, 4.69) is 71.7 Å². The largest absolute Gasteiger partial charge is 0.487 e. The number of halogens is 2. The highest BCUT2D eigenvalue weighted by atomic mass is 127. The molecule has 0 unspecified atom stereocenters. The number of hydrazone groups is 1. The van der Waals surface area contributed by atoms with Crippen LogP contribution in [-0.2, 0) is 11.4 Å². The normalized spacial score (nSPS) is 10.8. The van der Waals surface area contributed by atoms with Gasteiger partial charge in [-0.15, -0.1) is 0 Å². The molecule has 0 bridgehead atoms. The van der Waals surface area contributed by atoms with Crippen LogP contribution in [0.5, 0.6) is 5.75 Å². The third kappa shape index (κ3) is 7.65. The number of benzene rings is 2. The van der Waals surface area contributed by atoms with E-state index in [0.29, 0.717) is 17.3 Å². The Balaban J connectivity index is 1.56. The van der Waals surface area contributed by atoms with Crippen LogP contribution in [0.4, 0.5) is 0 Å². The van der Waals surface area contributed by atoms with Gasteiger partial charge in [-0.1, -0.05) is 30.0 Å². The van der Waals surface area contributed by atoms with Gasteiger partial charge in [-0.2, -0.15) is 10.4 Å². The minimum atomic E-state index is -0.237. The fourth-order valence-electron chi connectivity index (χ4n) is 2.80. The molecule has 0 saturated heterocycles. The maximum atomic E-state index is 12.1. The minimum absolute atomic E-state index is 0.173. The molecule has 7 nitrogen and oxygen atoms in total. The van der Waals surface area contributed by atoms with Gasteiger partial charge in [0.2, 0.25) is 0 Å². The third-order valence-corrected chi connectivity index (χ3v) is 6.68. The number of aromatic nitrogens is 2. The van der Waals surface area contributed by atoms with Crippen LogP contribution < -0.4 is 10.2 Å². The van der Waals surface area contributed by atoms with E-state index >= 15 is 0 Å². The van der Waals surface area contributed by atoms with Crippen LogP contribution in [0.25, 0.3) is 0 Å². The highest BCUT2D eigenvalue weighted by Crippen LogP contribution is 2.29. The van der Waals surface area contributed by atoms with Gasteiger partial charge in [0.05, 0.1) is 30.7 Å². The summed E-state index contributed by atoms with van der Waals surface area (Å²) in [6.07, 6.45) is 1.59. The lowest BCUT2D eigenvalue weighted by atomic mass is 10.1. The van der Waals surface area contributed by atoms with Crippen LogP contribution in [0.3, 0.4) is 0 Å². The first-order valence-electron chi connectivity index (χ1n) is 9.72. The number of nitrogens with one attached hydrogen (secondary N) is 1. The summed E-state index contributed by atoms with van der Waals surface area (Å²) >= 11 is 5.67. The van der Waals surface area contributed by atoms with Crippen LogP contribution in [0, 0.1) is 32.3 Å². The summed E-state index contributed by atoms with van der Waals surface area (Å²) in [6, 6.07) is 15.3. The van der Waals surface area contributed by atoms with Crippen molar-refractivity contribution in [3.8, 4) is 11.8 Å². The molecule has 1 amide bonds. The van der Waals surface area contributed by atoms with E-state index in [4.69, 9.17) is 4.74 Å². The number of amides is 1. The molecule has 10 heteroatoms. The molecule has 1 heterocycles. The van der Waals surface area contributed by atoms with E-state index in [0.717, 1.165) is 35.4 Å². The number of nitriles is 1. The van der Waals surface area contributed by atoms with Gasteiger partial charge in [0.1, 0.15) is 12.4 Å². The van der Waals surface area contributed by atoms with E-state index < -0.39 is 0 Å². The van der Waals surface area contributed by atoms with E-state index in [9.17, 15) is 10.1 Å². The number of rotatable bonds is 8. The summed E-state index contributed by atoms with van der Waals surface area (Å²) in [5.74, 6) is 0.682. The lowest BCUT2D eigenvalue weighted by Gasteiger charge is -2.12. The average Bonchev–Trinajstić information content (AvgIpc) is 2.77. The highest BCUT2D eigenvalue weighted by Gasteiger charge is 2.11. The number of ether oxygens (including phenoxy) is 1. The molecule has 0 atom stereocenters. The number of carbonyl (C=O) groups is 1. The lowest BCUT2D eigenvalue weighted by Crippen LogP contribution is -2.19. The molecule has 0 saturated carbocycles. The van der Waals surface area contributed by atoms with Crippen molar-refractivity contribution < 1.29 is 9.53 Å². The second-order valence-electron chi connectivity index (χ2n) is 6.89. The van der Waals surface area contributed by atoms with Crippen molar-refractivity contribution in [3.05, 3.63) is 77.7 Å². The molecule has 3 aromatic rings. The Morgan fingerprint density at radius 2 is 1.85 bits per heavy atom. The van der Waals surface area contributed by atoms with Crippen LogP contribution in [0.1, 0.15) is 28.1 Å². The molecule has 168 valence electrons. The van der Waals surface area contributed by atoms with Crippen molar-refractivity contribution in [1.29, 1.82) is 5.26 Å². The van der Waals surface area contributed by atoms with Crippen molar-refractivity contribution in [1.82, 2.24) is 15.4 Å². The Morgan fingerprint density at radius 1 is 1.18 bits per heavy atom. The van der Waals surface area contributed by atoms with Gasteiger partial charge in [-0.05, 0) is 88.9 Å². The number of hydrogen-bond donors (Lipinski definition) is 1. The molecule has 2 aromatic carbocycles. The molecule has 3 rings (SSSR count). The van der Waals surface area contributed by atoms with Gasteiger partial charge in [0.25, 0.3) is 5.91 Å². The average molecular weight is 683 g/mol. The molecule has 0 aliphatic rings. The third-order valence-electron chi connectivity index (χ3n) is 4.23. The van der Waals surface area contributed by atoms with Gasteiger partial charge in [-0.3, -0.25) is 4.79 Å². The summed E-state index contributed by atoms with van der Waals surface area (Å²) in [5.41, 5.74) is 6.54. The summed E-state index contributed by atoms with van der Waals surface area (Å²) in [4.78, 5) is 20.7. The monoisotopic (exact) mass is 683 g/mol. The number of thioether (sulfide) groups is 1. The zero-order chi connectivity index (χ0) is 23.8. The number of carbonyl (C=O) groups excluding carboxylic acids is 1. The molecule has 0 fully saturated rings. The van der Waals surface area contributed by atoms with E-state index in [1.165, 1.54) is 11.8 Å². The van der Waals surface area contributed by atoms with Crippen molar-refractivity contribution in [3.63, 3.8) is 0 Å². The molecule has 0 aliphatic heterocycles. The molecule has 1 N–H and O–H groups in total. The van der Waals surface area contributed by atoms with E-state index in [1.807, 2.05) is 50.2 Å². The molecular formula is C23H19I2N5O2S. The zero-order valence-electron chi connectivity index (χ0n) is 17.8. The molecule has 0 radical (unpaired) electrons. The number of aryl methyl sites for hydroxylation is 2. The predicted octanol–water partition coefficient (Wildman–Crippen LogP) is 5.00. The summed E-state index contributed by atoms with van der Waals surface area (Å²) in [7, 11) is 0. The lowest BCUT2D eigenvalue weighted by molar-refractivity contribution is -0.118. The van der Waals surface area contributed by atoms with E-state index in [-0.39, 0.29) is 11.7 Å². The van der Waals surface area contributed by atoms with Gasteiger partial charge in [-0.25, -0.2) is 15.4 Å². The van der Waals surface area contributed by atoms with Crippen molar-refractivity contribution >= 4 is 69.1 Å². The van der Waals surface area contributed by atoms with Crippen LogP contribution in [-0.4, -0.2) is 27.8 Å². The molecule has 1 aromatic heterocycles. The van der Waals surface area contributed by atoms with Gasteiger partial charge in [0, 0.05) is 17.0 Å². The fourth-order valence-corrected chi connectivity index (χ4v) is 5.67. The molecule has 0 spiro atoms. The summed E-state index contributed by atoms with van der Waals surface area (Å²) < 4.78 is 7.80. The maximum absolute atomic E-state index is 12.1. The molecule has 33 heavy (non-hydrogen) atoms. The Bertz CT molecular complexity index is 1200. The summed E-state index contributed by atoms with van der Waals surface area (Å²) in [5, 5.41) is 13.9. The Labute approximate surface area is 223 Å². The van der Waals surface area contributed by atoms with Crippen molar-refractivity contribution in [2.24, 2.45) is 5.10 Å². The van der Waals surface area contributed by atoms with Crippen LogP contribution in [0.2, 0.25) is 0 Å². The van der Waals surface area contributed by atoms with Crippen molar-refractivity contribution in [2.45, 2.75) is 25.6 Å². The highest BCUT2D eigenvalue weighted by molar-refractivity contribution is 14.1. The standard InChI is InChI=1S/C23H19I2N5O2S/c1-14-7-15(2)29-23(28-14)33-13-21(31)30-27-11-16-8-19(24)22(20(25)9-16)32-12-18-6-4-3-5-17(18)10-26/h3-9,11H,12-13H2,1-2H3,(H,30,31)/b27-11-. The molecular weight excluding hydrogens is 664 g/mol. The van der Waals surface area contributed by atoms with Gasteiger partial charge >= 0.3 is 0 Å². The van der Waals surface area contributed by atoms with Crippen LogP contribution >= 0.6 is 56.9 Å². The Morgan fingerprint density at radius 3 is 2.52 bits per heavy atom. The first kappa shape index (κ1) is 25.4. The smallest absolute Gasteiger partial charge is 0.250 e. The second-order valence-corrected chi connectivity index (χ2v) is 10.2.